The van der Waals surface area contributed by atoms with Gasteiger partial charge >= 0.3 is 5.97 Å². The molecule has 1 aromatic heterocycles. The van der Waals surface area contributed by atoms with Gasteiger partial charge in [-0.1, -0.05) is 11.2 Å². The standard InChI is InChI=1S/C18H22N2O4/c1-11-7-12(2)17-14(19-24-15(17)8-11)9-16(21)20-6-4-5-13(10-20)18(22)23-3/h7-8,13H,4-6,9-10H2,1-3H3. The topological polar surface area (TPSA) is 72.6 Å². The summed E-state index contributed by atoms with van der Waals surface area (Å²) < 4.78 is 10.2. The predicted octanol–water partition coefficient (Wildman–Crippen LogP) is 2.40. The fourth-order valence-corrected chi connectivity index (χ4v) is 3.46. The summed E-state index contributed by atoms with van der Waals surface area (Å²) in [5.74, 6) is -0.504. The van der Waals surface area contributed by atoms with Crippen molar-refractivity contribution in [2.24, 2.45) is 5.92 Å². The zero-order chi connectivity index (χ0) is 17.3. The van der Waals surface area contributed by atoms with Gasteiger partial charge in [-0.15, -0.1) is 0 Å². The largest absolute Gasteiger partial charge is 0.469 e. The molecule has 128 valence electrons. The van der Waals surface area contributed by atoms with Crippen LogP contribution in [0.3, 0.4) is 0 Å². The van der Waals surface area contributed by atoms with Crippen molar-refractivity contribution in [3.63, 3.8) is 0 Å². The minimum atomic E-state index is -0.245. The second-order valence-electron chi connectivity index (χ2n) is 6.46. The van der Waals surface area contributed by atoms with Crippen molar-refractivity contribution in [2.45, 2.75) is 33.1 Å². The number of nitrogens with zero attached hydrogens (tertiary/aromatic N) is 2. The molecule has 3 rings (SSSR count). The zero-order valence-electron chi connectivity index (χ0n) is 14.3. The molecule has 0 N–H and O–H groups in total. The van der Waals surface area contributed by atoms with Crippen LogP contribution in [0.1, 0.15) is 29.7 Å². The number of carbonyl (C=O) groups excluding carboxylic acids is 2. The van der Waals surface area contributed by atoms with E-state index in [2.05, 4.69) is 11.2 Å². The number of hydrogen-bond acceptors (Lipinski definition) is 5. The Morgan fingerprint density at radius 2 is 2.17 bits per heavy atom. The number of rotatable bonds is 3. The third-order valence-corrected chi connectivity index (χ3v) is 4.61. The summed E-state index contributed by atoms with van der Waals surface area (Å²) in [5.41, 5.74) is 3.53. The Labute approximate surface area is 140 Å². The number of aryl methyl sites for hydroxylation is 2. The van der Waals surface area contributed by atoms with Crippen LogP contribution in [0, 0.1) is 19.8 Å². The number of aromatic nitrogens is 1. The van der Waals surface area contributed by atoms with Gasteiger partial charge in [-0.05, 0) is 43.9 Å². The molecule has 24 heavy (non-hydrogen) atoms. The first kappa shape index (κ1) is 16.5. The molecule has 1 unspecified atom stereocenters. The molecule has 2 aromatic rings. The van der Waals surface area contributed by atoms with Crippen molar-refractivity contribution >= 4 is 22.8 Å². The van der Waals surface area contributed by atoms with E-state index in [0.717, 1.165) is 29.4 Å². The summed E-state index contributed by atoms with van der Waals surface area (Å²) in [7, 11) is 1.38. The van der Waals surface area contributed by atoms with Gasteiger partial charge in [0.25, 0.3) is 0 Å². The molecular formula is C18H22N2O4. The minimum Gasteiger partial charge on any atom is -0.469 e. The lowest BCUT2D eigenvalue weighted by Gasteiger charge is -2.31. The molecular weight excluding hydrogens is 308 g/mol. The molecule has 0 saturated carbocycles. The van der Waals surface area contributed by atoms with Crippen molar-refractivity contribution in [3.8, 4) is 0 Å². The zero-order valence-corrected chi connectivity index (χ0v) is 14.3. The summed E-state index contributed by atoms with van der Waals surface area (Å²) in [5, 5.41) is 5.00. The number of hydrogen-bond donors (Lipinski definition) is 0. The molecule has 0 radical (unpaired) electrons. The molecule has 1 aliphatic rings. The van der Waals surface area contributed by atoms with Crippen LogP contribution in [0.5, 0.6) is 0 Å². The first-order valence-electron chi connectivity index (χ1n) is 8.20. The number of carbonyl (C=O) groups is 2. The summed E-state index contributed by atoms with van der Waals surface area (Å²) in [6.45, 7) is 5.08. The van der Waals surface area contributed by atoms with E-state index in [1.807, 2.05) is 19.9 Å². The maximum atomic E-state index is 12.6. The van der Waals surface area contributed by atoms with Gasteiger partial charge in [0.2, 0.25) is 5.91 Å². The van der Waals surface area contributed by atoms with Gasteiger partial charge in [-0.3, -0.25) is 9.59 Å². The van der Waals surface area contributed by atoms with Gasteiger partial charge in [0, 0.05) is 18.5 Å². The highest BCUT2D eigenvalue weighted by Crippen LogP contribution is 2.25. The van der Waals surface area contributed by atoms with Crippen LogP contribution in [0.4, 0.5) is 0 Å². The van der Waals surface area contributed by atoms with Crippen LogP contribution < -0.4 is 0 Å². The van der Waals surface area contributed by atoms with Crippen LogP contribution in [-0.2, 0) is 20.7 Å². The van der Waals surface area contributed by atoms with E-state index in [0.29, 0.717) is 24.4 Å². The molecule has 1 aromatic carbocycles. The molecule has 1 aliphatic heterocycles. The maximum Gasteiger partial charge on any atom is 0.310 e. The van der Waals surface area contributed by atoms with E-state index in [9.17, 15) is 9.59 Å². The van der Waals surface area contributed by atoms with Gasteiger partial charge in [-0.25, -0.2) is 0 Å². The highest BCUT2D eigenvalue weighted by atomic mass is 16.5. The van der Waals surface area contributed by atoms with Crippen LogP contribution in [0.15, 0.2) is 16.7 Å². The number of likely N-dealkylation sites (tertiary alicyclic amines) is 1. The molecule has 1 saturated heterocycles. The fourth-order valence-electron chi connectivity index (χ4n) is 3.46. The minimum absolute atomic E-state index is 0.0289. The number of fused-ring (bicyclic) bond motifs is 1. The Balaban J connectivity index is 1.76. The Morgan fingerprint density at radius 1 is 1.38 bits per heavy atom. The third kappa shape index (κ3) is 3.13. The van der Waals surface area contributed by atoms with Crippen LogP contribution in [-0.4, -0.2) is 42.1 Å². The third-order valence-electron chi connectivity index (χ3n) is 4.61. The van der Waals surface area contributed by atoms with E-state index in [1.54, 1.807) is 4.90 Å². The number of amides is 1. The van der Waals surface area contributed by atoms with Crippen molar-refractivity contribution in [1.82, 2.24) is 10.1 Å². The van der Waals surface area contributed by atoms with E-state index in [4.69, 9.17) is 9.26 Å². The highest BCUT2D eigenvalue weighted by Gasteiger charge is 2.29. The molecule has 0 spiro atoms. The summed E-state index contributed by atoms with van der Waals surface area (Å²) in [4.78, 5) is 26.1. The van der Waals surface area contributed by atoms with Crippen LogP contribution in [0.25, 0.3) is 11.0 Å². The summed E-state index contributed by atoms with van der Waals surface area (Å²) >= 11 is 0. The van der Waals surface area contributed by atoms with Gasteiger partial charge in [0.15, 0.2) is 5.58 Å². The van der Waals surface area contributed by atoms with Crippen LogP contribution in [0.2, 0.25) is 0 Å². The molecule has 6 heteroatoms. The summed E-state index contributed by atoms with van der Waals surface area (Å²) in [6, 6.07) is 3.99. The highest BCUT2D eigenvalue weighted by molar-refractivity contribution is 5.89. The Bertz CT molecular complexity index is 781. The van der Waals surface area contributed by atoms with Crippen LogP contribution >= 0.6 is 0 Å². The molecule has 0 bridgehead atoms. The molecule has 1 fully saturated rings. The van der Waals surface area contributed by atoms with Gasteiger partial charge in [-0.2, -0.15) is 0 Å². The van der Waals surface area contributed by atoms with Crippen molar-refractivity contribution in [2.75, 3.05) is 20.2 Å². The lowest BCUT2D eigenvalue weighted by molar-refractivity contribution is -0.148. The Hall–Kier alpha value is -2.37. The average Bonchev–Trinajstić information content (AvgIpc) is 2.97. The van der Waals surface area contributed by atoms with E-state index >= 15 is 0 Å². The average molecular weight is 330 g/mol. The van der Waals surface area contributed by atoms with E-state index < -0.39 is 0 Å². The first-order chi connectivity index (χ1) is 11.5. The number of benzene rings is 1. The molecule has 1 amide bonds. The number of ether oxygens (including phenoxy) is 1. The second-order valence-corrected chi connectivity index (χ2v) is 6.46. The first-order valence-corrected chi connectivity index (χ1v) is 8.20. The Kier molecular flexibility index (Phi) is 4.55. The van der Waals surface area contributed by atoms with Gasteiger partial charge in [0.05, 0.1) is 19.4 Å². The number of piperidine rings is 1. The lowest BCUT2D eigenvalue weighted by Crippen LogP contribution is -2.43. The number of esters is 1. The van der Waals surface area contributed by atoms with E-state index in [1.165, 1.54) is 7.11 Å². The number of methoxy groups -OCH3 is 1. The SMILES string of the molecule is COC(=O)C1CCCN(C(=O)Cc2noc3cc(C)cc(C)c23)C1. The Morgan fingerprint density at radius 3 is 2.92 bits per heavy atom. The maximum absolute atomic E-state index is 12.6. The van der Waals surface area contributed by atoms with Crippen molar-refractivity contribution in [1.29, 1.82) is 0 Å². The molecule has 6 nitrogen and oxygen atoms in total. The quantitative estimate of drug-likeness (QED) is 0.808. The molecule has 0 aliphatic carbocycles. The smallest absolute Gasteiger partial charge is 0.310 e. The second kappa shape index (κ2) is 6.63. The van der Waals surface area contributed by atoms with E-state index in [-0.39, 0.29) is 24.2 Å². The predicted molar refractivity (Wildman–Crippen MR) is 88.5 cm³/mol. The molecule has 2 heterocycles. The van der Waals surface area contributed by atoms with Crippen molar-refractivity contribution in [3.05, 3.63) is 29.0 Å². The monoisotopic (exact) mass is 330 g/mol. The molecule has 1 atom stereocenters. The van der Waals surface area contributed by atoms with Gasteiger partial charge < -0.3 is 14.2 Å². The van der Waals surface area contributed by atoms with Gasteiger partial charge in [0.1, 0.15) is 5.69 Å². The lowest BCUT2D eigenvalue weighted by atomic mass is 9.97. The van der Waals surface area contributed by atoms with Crippen molar-refractivity contribution < 1.29 is 18.8 Å². The normalized spacial score (nSPS) is 18.0. The summed E-state index contributed by atoms with van der Waals surface area (Å²) in [6.07, 6.45) is 1.76. The fraction of sp³-hybridized carbons (Fsp3) is 0.500.